The van der Waals surface area contributed by atoms with Gasteiger partial charge in [-0.2, -0.15) is 0 Å². The van der Waals surface area contributed by atoms with Gasteiger partial charge >= 0.3 is 0 Å². The number of morpholine rings is 1. The molecule has 1 aliphatic heterocycles. The smallest absolute Gasteiger partial charge is 0.263 e. The predicted molar refractivity (Wildman–Crippen MR) is 181 cm³/mol. The summed E-state index contributed by atoms with van der Waals surface area (Å²) in [5.74, 6) is -0.354. The lowest BCUT2D eigenvalue weighted by atomic mass is 9.91. The first-order chi connectivity index (χ1) is 23.2. The summed E-state index contributed by atoms with van der Waals surface area (Å²) in [7, 11) is 0. The number of hydrogen-bond acceptors (Lipinski definition) is 9. The molecule has 6 rings (SSSR count). The van der Waals surface area contributed by atoms with Gasteiger partial charge in [0.25, 0.3) is 11.8 Å². The minimum Gasteiger partial charge on any atom is -0.508 e. The highest BCUT2D eigenvalue weighted by Crippen LogP contribution is 2.33. The number of ether oxygens (including phenoxy) is 2. The van der Waals surface area contributed by atoms with E-state index < -0.39 is 11.7 Å². The van der Waals surface area contributed by atoms with Crippen molar-refractivity contribution in [2.45, 2.75) is 64.1 Å². The number of nitrogens with zero attached hydrogens (tertiary/aromatic N) is 3. The van der Waals surface area contributed by atoms with E-state index in [-0.39, 0.29) is 41.1 Å². The van der Waals surface area contributed by atoms with Crippen molar-refractivity contribution in [3.8, 4) is 28.5 Å². The number of nitrogens with one attached hydrogen (secondary N) is 2. The van der Waals surface area contributed by atoms with Gasteiger partial charge in [-0.15, -0.1) is 11.3 Å². The zero-order valence-electron chi connectivity index (χ0n) is 27.1. The van der Waals surface area contributed by atoms with Crippen molar-refractivity contribution in [2.75, 3.05) is 26.3 Å². The van der Waals surface area contributed by atoms with Crippen LogP contribution in [-0.4, -0.2) is 70.2 Å². The van der Waals surface area contributed by atoms with Crippen LogP contribution >= 0.6 is 11.3 Å². The van der Waals surface area contributed by atoms with Gasteiger partial charge < -0.3 is 25.2 Å². The van der Waals surface area contributed by atoms with Crippen molar-refractivity contribution >= 4 is 23.2 Å². The molecular weight excluding hydrogens is 633 g/mol. The number of carbonyl (C=O) groups is 2. The van der Waals surface area contributed by atoms with Gasteiger partial charge in [0.1, 0.15) is 27.8 Å². The second kappa shape index (κ2) is 15.2. The Kier molecular flexibility index (Phi) is 10.6. The molecule has 12 heteroatoms. The molecular formula is C36H40FN5O5S. The molecule has 10 nitrogen and oxygen atoms in total. The Balaban J connectivity index is 1.10. The molecule has 1 saturated heterocycles. The topological polar surface area (TPSA) is 126 Å². The molecule has 48 heavy (non-hydrogen) atoms. The minimum atomic E-state index is -0.645. The molecule has 2 aromatic heterocycles. The Morgan fingerprint density at radius 2 is 1.73 bits per heavy atom. The second-order valence-electron chi connectivity index (χ2n) is 12.6. The average molecular weight is 674 g/mol. The molecule has 2 aromatic carbocycles. The van der Waals surface area contributed by atoms with Crippen LogP contribution in [0.1, 0.15) is 76.0 Å². The number of aromatic nitrogens is 2. The largest absolute Gasteiger partial charge is 0.508 e. The zero-order chi connectivity index (χ0) is 33.6. The summed E-state index contributed by atoms with van der Waals surface area (Å²) in [6, 6.07) is 13.7. The fraction of sp³-hybridized carbons (Fsp3) is 0.389. The molecule has 2 fully saturated rings. The van der Waals surface area contributed by atoms with E-state index in [0.717, 1.165) is 47.1 Å². The molecule has 3 N–H and O–H groups in total. The third-order valence-electron chi connectivity index (χ3n) is 8.65. The maximum absolute atomic E-state index is 14.4. The van der Waals surface area contributed by atoms with E-state index in [0.29, 0.717) is 56.1 Å². The van der Waals surface area contributed by atoms with Crippen LogP contribution in [0.3, 0.4) is 0 Å². The number of carbonyl (C=O) groups excluding carboxylic acids is 2. The first kappa shape index (κ1) is 33.5. The van der Waals surface area contributed by atoms with Crippen LogP contribution < -0.4 is 15.4 Å². The maximum atomic E-state index is 14.4. The SMILES string of the molecule is CC(C)c1ncc(C(=O)N[C@H]2CC[C@H](NC(=O)c3cc(F)cnc3Oc3cccc(-c4ccc(O)cc4CN4CCOCC4)c3)CC2)s1. The summed E-state index contributed by atoms with van der Waals surface area (Å²) in [4.78, 5) is 37.5. The molecule has 0 unspecified atom stereocenters. The summed E-state index contributed by atoms with van der Waals surface area (Å²) < 4.78 is 25.9. The zero-order valence-corrected chi connectivity index (χ0v) is 27.9. The monoisotopic (exact) mass is 673 g/mol. The van der Waals surface area contributed by atoms with Crippen molar-refractivity contribution < 1.29 is 28.6 Å². The van der Waals surface area contributed by atoms with Crippen molar-refractivity contribution in [1.82, 2.24) is 25.5 Å². The number of thiazole rings is 1. The van der Waals surface area contributed by atoms with Crippen LogP contribution in [0.15, 0.2) is 60.9 Å². The Labute approximate surface area is 283 Å². The lowest BCUT2D eigenvalue weighted by Crippen LogP contribution is -2.43. The molecule has 1 saturated carbocycles. The minimum absolute atomic E-state index is 0.000209. The summed E-state index contributed by atoms with van der Waals surface area (Å²) in [5, 5.41) is 17.3. The fourth-order valence-corrected chi connectivity index (χ4v) is 6.89. The van der Waals surface area contributed by atoms with E-state index in [9.17, 15) is 19.1 Å². The quantitative estimate of drug-likeness (QED) is 0.180. The van der Waals surface area contributed by atoms with E-state index in [1.54, 1.807) is 24.4 Å². The van der Waals surface area contributed by atoms with Gasteiger partial charge in [0.05, 0.1) is 30.6 Å². The number of hydrogen-bond donors (Lipinski definition) is 3. The third-order valence-corrected chi connectivity index (χ3v) is 9.94. The molecule has 3 heterocycles. The van der Waals surface area contributed by atoms with Crippen molar-refractivity contribution in [2.24, 2.45) is 0 Å². The van der Waals surface area contributed by atoms with E-state index in [1.807, 2.05) is 38.1 Å². The van der Waals surface area contributed by atoms with E-state index in [4.69, 9.17) is 9.47 Å². The Morgan fingerprint density at radius 1 is 1.00 bits per heavy atom. The van der Waals surface area contributed by atoms with Crippen LogP contribution in [-0.2, 0) is 11.3 Å². The fourth-order valence-electron chi connectivity index (χ4n) is 6.06. The molecule has 2 aliphatic rings. The van der Waals surface area contributed by atoms with Crippen molar-refractivity contribution in [3.05, 3.63) is 87.8 Å². The lowest BCUT2D eigenvalue weighted by Gasteiger charge is -2.29. The van der Waals surface area contributed by atoms with Gasteiger partial charge in [0.2, 0.25) is 5.88 Å². The maximum Gasteiger partial charge on any atom is 0.263 e. The first-order valence-electron chi connectivity index (χ1n) is 16.3. The number of phenols is 1. The molecule has 252 valence electrons. The van der Waals surface area contributed by atoms with E-state index >= 15 is 0 Å². The summed E-state index contributed by atoms with van der Waals surface area (Å²) >= 11 is 1.41. The molecule has 2 amide bonds. The normalized spacial score (nSPS) is 18.4. The third kappa shape index (κ3) is 8.36. The van der Waals surface area contributed by atoms with Crippen LogP contribution in [0, 0.1) is 5.82 Å². The summed E-state index contributed by atoms with van der Waals surface area (Å²) in [6.07, 6.45) is 5.39. The van der Waals surface area contributed by atoms with Crippen molar-refractivity contribution in [3.63, 3.8) is 0 Å². The second-order valence-corrected chi connectivity index (χ2v) is 13.6. The molecule has 0 bridgehead atoms. The van der Waals surface area contributed by atoms with Gasteiger partial charge in [0, 0.05) is 37.6 Å². The van der Waals surface area contributed by atoms with Gasteiger partial charge in [0.15, 0.2) is 0 Å². The van der Waals surface area contributed by atoms with E-state index in [1.165, 1.54) is 11.3 Å². The number of benzene rings is 2. The molecule has 0 radical (unpaired) electrons. The number of halogens is 1. The number of phenolic OH excluding ortho intramolecular Hbond substituents is 1. The lowest BCUT2D eigenvalue weighted by molar-refractivity contribution is 0.0342. The molecule has 1 aliphatic carbocycles. The van der Waals surface area contributed by atoms with Crippen LogP contribution in [0.5, 0.6) is 17.4 Å². The molecule has 4 aromatic rings. The Hall–Kier alpha value is -4.39. The Morgan fingerprint density at radius 3 is 2.44 bits per heavy atom. The van der Waals surface area contributed by atoms with Crippen LogP contribution in [0.2, 0.25) is 0 Å². The standard InChI is InChI=1S/C36H40FN5O5S/c1-22(2)36-39-20-32(48-36)34(45)41-27-8-6-26(7-9-27)40-33(44)31-18-25(37)19-38-35(31)47-29-5-3-4-23(17-29)30-11-10-28(43)16-24(30)21-42-12-14-46-15-13-42/h3-5,10-11,16-20,22,26-27,43H,6-9,12-15,21H2,1-2H3,(H,40,44)(H,41,45)/t26-,27-. The Bertz CT molecular complexity index is 1750. The van der Waals surface area contributed by atoms with Gasteiger partial charge in [-0.05, 0) is 72.7 Å². The highest BCUT2D eigenvalue weighted by Gasteiger charge is 2.27. The van der Waals surface area contributed by atoms with Gasteiger partial charge in [-0.25, -0.2) is 14.4 Å². The summed E-state index contributed by atoms with van der Waals surface area (Å²) in [6.45, 7) is 7.71. The number of rotatable bonds is 10. The molecule has 0 spiro atoms. The van der Waals surface area contributed by atoms with E-state index in [2.05, 4.69) is 25.5 Å². The average Bonchev–Trinajstić information content (AvgIpc) is 3.59. The van der Waals surface area contributed by atoms with Crippen LogP contribution in [0.4, 0.5) is 4.39 Å². The number of amides is 2. The number of pyridine rings is 1. The highest BCUT2D eigenvalue weighted by atomic mass is 32.1. The van der Waals surface area contributed by atoms with Crippen molar-refractivity contribution in [1.29, 1.82) is 0 Å². The van der Waals surface area contributed by atoms with Crippen LogP contribution in [0.25, 0.3) is 11.1 Å². The van der Waals surface area contributed by atoms with Gasteiger partial charge in [-0.3, -0.25) is 14.5 Å². The number of aromatic hydroxyl groups is 1. The first-order valence-corrected chi connectivity index (χ1v) is 17.2. The highest BCUT2D eigenvalue weighted by molar-refractivity contribution is 7.13. The summed E-state index contributed by atoms with van der Waals surface area (Å²) in [5.41, 5.74) is 2.77. The molecule has 0 atom stereocenters. The van der Waals surface area contributed by atoms with Gasteiger partial charge in [-0.1, -0.05) is 32.0 Å². The predicted octanol–water partition coefficient (Wildman–Crippen LogP) is 6.27.